The summed E-state index contributed by atoms with van der Waals surface area (Å²) in [5.74, 6) is 0.587. The number of anilines is 1. The molecule has 1 fully saturated rings. The Morgan fingerprint density at radius 1 is 0.967 bits per heavy atom. The number of thiocarbonyl (C=S) groups is 1. The summed E-state index contributed by atoms with van der Waals surface area (Å²) >= 11 is 18.6. The molecule has 0 aliphatic carbocycles. The van der Waals surface area contributed by atoms with Gasteiger partial charge in [0.05, 0.1) is 10.6 Å². The van der Waals surface area contributed by atoms with Gasteiger partial charge in [0, 0.05) is 10.0 Å². The second kappa shape index (κ2) is 9.23. The first-order valence-electron chi connectivity index (χ1n) is 9.00. The Balaban J connectivity index is 1.45. The number of hydrogen-bond donors (Lipinski definition) is 0. The van der Waals surface area contributed by atoms with Crippen molar-refractivity contribution in [2.24, 2.45) is 0 Å². The monoisotopic (exact) mass is 471 g/mol. The molecule has 0 atom stereocenters. The molecule has 3 nitrogen and oxygen atoms in total. The highest BCUT2D eigenvalue weighted by Gasteiger charge is 2.33. The molecular formula is C23H15Cl2NO2S2. The Hall–Kier alpha value is -2.31. The van der Waals surface area contributed by atoms with Gasteiger partial charge in [0.1, 0.15) is 12.4 Å². The third-order valence-corrected chi connectivity index (χ3v) is 6.15. The minimum atomic E-state index is -0.157. The van der Waals surface area contributed by atoms with Crippen LogP contribution in [0.2, 0.25) is 10.0 Å². The Kier molecular flexibility index (Phi) is 6.44. The van der Waals surface area contributed by atoms with Crippen LogP contribution >= 0.6 is 47.2 Å². The number of amides is 1. The molecule has 0 saturated carbocycles. The van der Waals surface area contributed by atoms with Gasteiger partial charge in [-0.15, -0.1) is 0 Å². The van der Waals surface area contributed by atoms with E-state index < -0.39 is 0 Å². The third kappa shape index (κ3) is 4.87. The van der Waals surface area contributed by atoms with Crippen molar-refractivity contribution in [3.8, 4) is 5.75 Å². The molecule has 3 aromatic carbocycles. The van der Waals surface area contributed by atoms with E-state index in [9.17, 15) is 4.79 Å². The molecule has 150 valence electrons. The zero-order valence-electron chi connectivity index (χ0n) is 15.5. The number of ether oxygens (including phenoxy) is 1. The van der Waals surface area contributed by atoms with E-state index in [0.717, 1.165) is 16.9 Å². The van der Waals surface area contributed by atoms with Gasteiger partial charge in [0.15, 0.2) is 4.32 Å². The lowest BCUT2D eigenvalue weighted by Gasteiger charge is -2.14. The van der Waals surface area contributed by atoms with Crippen molar-refractivity contribution in [1.29, 1.82) is 0 Å². The van der Waals surface area contributed by atoms with Gasteiger partial charge in [-0.3, -0.25) is 9.69 Å². The van der Waals surface area contributed by atoms with Crippen LogP contribution in [0.25, 0.3) is 6.08 Å². The number of benzene rings is 3. The fraction of sp³-hybridized carbons (Fsp3) is 0.0435. The number of rotatable bonds is 5. The summed E-state index contributed by atoms with van der Waals surface area (Å²) in [6.45, 7) is 0.453. The lowest BCUT2D eigenvalue weighted by molar-refractivity contribution is -0.113. The lowest BCUT2D eigenvalue weighted by Crippen LogP contribution is -2.27. The molecule has 1 aliphatic rings. The lowest BCUT2D eigenvalue weighted by atomic mass is 10.2. The van der Waals surface area contributed by atoms with Gasteiger partial charge >= 0.3 is 0 Å². The van der Waals surface area contributed by atoms with Crippen LogP contribution < -0.4 is 9.64 Å². The third-order valence-electron chi connectivity index (χ3n) is 4.36. The second-order valence-corrected chi connectivity index (χ2v) is 9.03. The van der Waals surface area contributed by atoms with Crippen molar-refractivity contribution in [2.75, 3.05) is 4.90 Å². The Morgan fingerprint density at radius 2 is 1.70 bits per heavy atom. The van der Waals surface area contributed by atoms with Crippen molar-refractivity contribution in [2.45, 2.75) is 6.61 Å². The van der Waals surface area contributed by atoms with E-state index in [2.05, 4.69) is 0 Å². The van der Waals surface area contributed by atoms with Crippen LogP contribution in [0.4, 0.5) is 5.69 Å². The Morgan fingerprint density at radius 3 is 2.40 bits per heavy atom. The van der Waals surface area contributed by atoms with Crippen molar-refractivity contribution < 1.29 is 9.53 Å². The highest BCUT2D eigenvalue weighted by atomic mass is 35.5. The molecule has 1 saturated heterocycles. The van der Waals surface area contributed by atoms with E-state index in [1.54, 1.807) is 18.2 Å². The van der Waals surface area contributed by atoms with Crippen molar-refractivity contribution in [3.63, 3.8) is 0 Å². The van der Waals surface area contributed by atoms with E-state index in [4.69, 9.17) is 40.2 Å². The normalized spacial score (nSPS) is 15.1. The molecule has 0 bridgehead atoms. The molecular weight excluding hydrogens is 457 g/mol. The number of nitrogens with zero attached hydrogens (tertiary/aromatic N) is 1. The number of hydrogen-bond acceptors (Lipinski definition) is 4. The van der Waals surface area contributed by atoms with E-state index in [1.165, 1.54) is 16.7 Å². The van der Waals surface area contributed by atoms with Crippen LogP contribution in [0.1, 0.15) is 11.1 Å². The first-order valence-corrected chi connectivity index (χ1v) is 11.0. The molecule has 1 heterocycles. The highest BCUT2D eigenvalue weighted by Crippen LogP contribution is 2.36. The minimum Gasteiger partial charge on any atom is -0.489 e. The van der Waals surface area contributed by atoms with Gasteiger partial charge in [0.25, 0.3) is 5.91 Å². The predicted octanol–water partition coefficient (Wildman–Crippen LogP) is 6.98. The topological polar surface area (TPSA) is 29.5 Å². The molecule has 0 radical (unpaired) electrons. The SMILES string of the molecule is O=C1/C(=C/c2ccc(OCc3ccc(Cl)cc3)cc2)SC(=S)N1c1cccc(Cl)c1. The first kappa shape index (κ1) is 20.9. The largest absolute Gasteiger partial charge is 0.489 e. The number of halogens is 2. The maximum absolute atomic E-state index is 12.9. The summed E-state index contributed by atoms with van der Waals surface area (Å²) < 4.78 is 6.29. The maximum Gasteiger partial charge on any atom is 0.270 e. The van der Waals surface area contributed by atoms with Crippen LogP contribution in [-0.2, 0) is 11.4 Å². The number of carbonyl (C=O) groups excluding carboxylic acids is 1. The summed E-state index contributed by atoms with van der Waals surface area (Å²) in [4.78, 5) is 14.9. The molecule has 30 heavy (non-hydrogen) atoms. The van der Waals surface area contributed by atoms with Crippen LogP contribution in [-0.4, -0.2) is 10.2 Å². The number of thioether (sulfide) groups is 1. The van der Waals surface area contributed by atoms with E-state index in [0.29, 0.717) is 31.6 Å². The van der Waals surface area contributed by atoms with Crippen molar-refractivity contribution in [1.82, 2.24) is 0 Å². The summed E-state index contributed by atoms with van der Waals surface area (Å²) in [5, 5.41) is 1.25. The Bertz CT molecular complexity index is 1130. The van der Waals surface area contributed by atoms with Crippen LogP contribution in [0.5, 0.6) is 5.75 Å². The van der Waals surface area contributed by atoms with Gasteiger partial charge in [-0.1, -0.05) is 77.5 Å². The summed E-state index contributed by atoms with van der Waals surface area (Å²) in [6, 6.07) is 22.2. The zero-order valence-corrected chi connectivity index (χ0v) is 18.7. The second-order valence-electron chi connectivity index (χ2n) is 6.48. The minimum absolute atomic E-state index is 0.157. The van der Waals surface area contributed by atoms with E-state index >= 15 is 0 Å². The maximum atomic E-state index is 12.9. The molecule has 0 N–H and O–H groups in total. The summed E-state index contributed by atoms with van der Waals surface area (Å²) in [7, 11) is 0. The molecule has 0 aromatic heterocycles. The highest BCUT2D eigenvalue weighted by molar-refractivity contribution is 8.27. The van der Waals surface area contributed by atoms with E-state index in [1.807, 2.05) is 60.7 Å². The van der Waals surface area contributed by atoms with Gasteiger partial charge in [0.2, 0.25) is 0 Å². The fourth-order valence-electron chi connectivity index (χ4n) is 2.86. The molecule has 7 heteroatoms. The number of carbonyl (C=O) groups is 1. The molecule has 1 amide bonds. The van der Waals surface area contributed by atoms with Gasteiger partial charge in [-0.05, 0) is 59.7 Å². The van der Waals surface area contributed by atoms with Gasteiger partial charge < -0.3 is 4.74 Å². The van der Waals surface area contributed by atoms with Crippen LogP contribution in [0.3, 0.4) is 0 Å². The molecule has 4 rings (SSSR count). The Labute approximate surface area is 194 Å². The molecule has 0 spiro atoms. The summed E-state index contributed by atoms with van der Waals surface area (Å²) in [6.07, 6.45) is 1.83. The van der Waals surface area contributed by atoms with E-state index in [-0.39, 0.29) is 5.91 Å². The molecule has 0 unspecified atom stereocenters. The molecule has 3 aromatic rings. The average molecular weight is 472 g/mol. The van der Waals surface area contributed by atoms with Gasteiger partial charge in [-0.25, -0.2) is 0 Å². The van der Waals surface area contributed by atoms with Crippen LogP contribution in [0.15, 0.2) is 77.7 Å². The van der Waals surface area contributed by atoms with Gasteiger partial charge in [-0.2, -0.15) is 0 Å². The predicted molar refractivity (Wildman–Crippen MR) is 129 cm³/mol. The zero-order chi connectivity index (χ0) is 21.1. The fourth-order valence-corrected chi connectivity index (χ4v) is 4.47. The van der Waals surface area contributed by atoms with Crippen molar-refractivity contribution >= 4 is 69.2 Å². The van der Waals surface area contributed by atoms with Crippen molar-refractivity contribution in [3.05, 3.63) is 98.9 Å². The quantitative estimate of drug-likeness (QED) is 0.296. The average Bonchev–Trinajstić information content (AvgIpc) is 3.01. The summed E-state index contributed by atoms with van der Waals surface area (Å²) in [5.41, 5.74) is 2.59. The van der Waals surface area contributed by atoms with Crippen LogP contribution in [0, 0.1) is 0 Å². The first-order chi connectivity index (χ1) is 14.5. The smallest absolute Gasteiger partial charge is 0.270 e. The molecule has 1 aliphatic heterocycles. The standard InChI is InChI=1S/C23H15Cl2NO2S2/c24-17-8-4-16(5-9-17)14-28-20-10-6-15(7-11-20)12-21-22(27)26(23(29)30-21)19-3-1-2-18(25)13-19/h1-13H,14H2/b21-12-.